The lowest BCUT2D eigenvalue weighted by Gasteiger charge is -2.28. The van der Waals surface area contributed by atoms with Gasteiger partial charge in [0.2, 0.25) is 0 Å². The second kappa shape index (κ2) is 7.26. The van der Waals surface area contributed by atoms with E-state index in [-0.39, 0.29) is 19.0 Å². The molecule has 0 saturated carbocycles. The van der Waals surface area contributed by atoms with Crippen LogP contribution in [0.3, 0.4) is 0 Å². The average molecular weight is 288 g/mol. The van der Waals surface area contributed by atoms with Crippen LogP contribution in [0.2, 0.25) is 0 Å². The fourth-order valence-electron chi connectivity index (χ4n) is 2.06. The molecule has 0 saturated heterocycles. The first kappa shape index (κ1) is 17.2. The Labute approximate surface area is 127 Å². The summed E-state index contributed by atoms with van der Waals surface area (Å²) in [5.41, 5.74) is 6.75. The Morgan fingerprint density at radius 1 is 1.43 bits per heavy atom. The average Bonchev–Trinajstić information content (AvgIpc) is 2.41. The number of hydrogen-bond acceptors (Lipinski definition) is 3. The minimum absolute atomic E-state index is 0.124. The second-order valence-corrected chi connectivity index (χ2v) is 5.69. The van der Waals surface area contributed by atoms with Crippen LogP contribution in [0.4, 0.5) is 0 Å². The minimum Gasteiger partial charge on any atom is -0.389 e. The molecule has 0 aliphatic carbocycles. The van der Waals surface area contributed by atoms with E-state index in [9.17, 15) is 9.90 Å². The number of aryl methyl sites for hydroxylation is 1. The van der Waals surface area contributed by atoms with E-state index >= 15 is 0 Å². The molecular weight excluding hydrogens is 264 g/mol. The predicted molar refractivity (Wildman–Crippen MR) is 85.0 cm³/mol. The molecule has 0 aromatic heterocycles. The summed E-state index contributed by atoms with van der Waals surface area (Å²) in [6.45, 7) is 8.28. The maximum Gasteiger partial charge on any atom is 0.255 e. The topological polar surface area (TPSA) is 66.6 Å². The number of amides is 1. The summed E-state index contributed by atoms with van der Waals surface area (Å²) in [6.07, 6.45) is 0. The Morgan fingerprint density at radius 2 is 2.10 bits per heavy atom. The smallest absolute Gasteiger partial charge is 0.255 e. The zero-order valence-electron chi connectivity index (χ0n) is 13.2. The number of likely N-dealkylation sites (N-methyl/N-ethyl adjacent to an activating group) is 1. The van der Waals surface area contributed by atoms with Crippen molar-refractivity contribution in [3.05, 3.63) is 34.9 Å². The van der Waals surface area contributed by atoms with Crippen LogP contribution in [0.1, 0.15) is 42.3 Å². The molecule has 3 N–H and O–H groups in total. The SMILES string of the molecule is CCN(CC(C)(C)O)C(=O)c1ccc(C)cc1C#CCN. The van der Waals surface area contributed by atoms with Gasteiger partial charge in [-0.25, -0.2) is 0 Å². The van der Waals surface area contributed by atoms with Crippen LogP contribution in [0.5, 0.6) is 0 Å². The molecule has 1 rings (SSSR count). The van der Waals surface area contributed by atoms with Gasteiger partial charge in [-0.15, -0.1) is 0 Å². The Morgan fingerprint density at radius 3 is 2.62 bits per heavy atom. The molecule has 1 amide bonds. The first-order chi connectivity index (χ1) is 9.78. The summed E-state index contributed by atoms with van der Waals surface area (Å²) in [5, 5.41) is 9.93. The van der Waals surface area contributed by atoms with Gasteiger partial charge in [-0.1, -0.05) is 17.9 Å². The van der Waals surface area contributed by atoms with Gasteiger partial charge in [0.15, 0.2) is 0 Å². The summed E-state index contributed by atoms with van der Waals surface area (Å²) in [5.74, 6) is 5.62. The van der Waals surface area contributed by atoms with Crippen molar-refractivity contribution in [1.29, 1.82) is 0 Å². The third-order valence-corrected chi connectivity index (χ3v) is 2.98. The molecule has 0 bridgehead atoms. The third kappa shape index (κ3) is 5.22. The molecular formula is C17H24N2O2. The standard InChI is InChI=1S/C17H24N2O2/c1-5-19(12-17(3,4)21)16(20)15-9-8-13(2)11-14(15)7-6-10-18/h8-9,11,21H,5,10,12,18H2,1-4H3. The molecule has 0 unspecified atom stereocenters. The normalized spacial score (nSPS) is 10.8. The highest BCUT2D eigenvalue weighted by atomic mass is 16.3. The van der Waals surface area contributed by atoms with Crippen LogP contribution in [-0.2, 0) is 0 Å². The summed E-state index contributed by atoms with van der Waals surface area (Å²) in [6, 6.07) is 5.55. The zero-order chi connectivity index (χ0) is 16.0. The van der Waals surface area contributed by atoms with E-state index in [1.54, 1.807) is 24.8 Å². The highest BCUT2D eigenvalue weighted by Gasteiger charge is 2.23. The molecule has 0 heterocycles. The Balaban J connectivity index is 3.16. The molecule has 0 aliphatic rings. The van der Waals surface area contributed by atoms with E-state index in [1.165, 1.54) is 0 Å². The van der Waals surface area contributed by atoms with Crippen molar-refractivity contribution >= 4 is 5.91 Å². The molecule has 1 aromatic carbocycles. The monoisotopic (exact) mass is 288 g/mol. The van der Waals surface area contributed by atoms with Crippen LogP contribution in [0, 0.1) is 18.8 Å². The zero-order valence-corrected chi connectivity index (χ0v) is 13.2. The minimum atomic E-state index is -0.931. The number of nitrogens with two attached hydrogens (primary N) is 1. The van der Waals surface area contributed by atoms with E-state index in [1.807, 2.05) is 26.0 Å². The molecule has 4 heteroatoms. The maximum atomic E-state index is 12.7. The molecule has 114 valence electrons. The van der Waals surface area contributed by atoms with Crippen molar-refractivity contribution in [2.24, 2.45) is 5.73 Å². The van der Waals surface area contributed by atoms with E-state index in [0.717, 1.165) is 5.56 Å². The number of nitrogens with zero attached hydrogens (tertiary/aromatic N) is 1. The highest BCUT2D eigenvalue weighted by molar-refractivity contribution is 5.97. The summed E-state index contributed by atoms with van der Waals surface area (Å²) >= 11 is 0. The number of rotatable bonds is 4. The summed E-state index contributed by atoms with van der Waals surface area (Å²) < 4.78 is 0. The lowest BCUT2D eigenvalue weighted by molar-refractivity contribution is 0.0314. The second-order valence-electron chi connectivity index (χ2n) is 5.69. The first-order valence-electron chi connectivity index (χ1n) is 7.09. The number of benzene rings is 1. The van der Waals surface area contributed by atoms with Gasteiger partial charge in [-0.05, 0) is 45.4 Å². The molecule has 21 heavy (non-hydrogen) atoms. The summed E-state index contributed by atoms with van der Waals surface area (Å²) in [4.78, 5) is 14.3. The van der Waals surface area contributed by atoms with Crippen LogP contribution in [-0.4, -0.2) is 41.1 Å². The summed E-state index contributed by atoms with van der Waals surface area (Å²) in [7, 11) is 0. The predicted octanol–water partition coefficient (Wildman–Crippen LogP) is 1.54. The van der Waals surface area contributed by atoms with Crippen molar-refractivity contribution < 1.29 is 9.90 Å². The van der Waals surface area contributed by atoms with Gasteiger partial charge >= 0.3 is 0 Å². The van der Waals surface area contributed by atoms with Crippen LogP contribution in [0.25, 0.3) is 0 Å². The lowest BCUT2D eigenvalue weighted by Crippen LogP contribution is -2.42. The number of aliphatic hydroxyl groups is 1. The quantitative estimate of drug-likeness (QED) is 0.826. The fraction of sp³-hybridized carbons (Fsp3) is 0.471. The number of carbonyl (C=O) groups excluding carboxylic acids is 1. The number of hydrogen-bond donors (Lipinski definition) is 2. The first-order valence-corrected chi connectivity index (χ1v) is 7.09. The molecule has 0 aliphatic heterocycles. The molecule has 1 aromatic rings. The fourth-order valence-corrected chi connectivity index (χ4v) is 2.06. The van der Waals surface area contributed by atoms with Gasteiger partial charge in [0.25, 0.3) is 5.91 Å². The van der Waals surface area contributed by atoms with Crippen molar-refractivity contribution in [2.75, 3.05) is 19.6 Å². The Kier molecular flexibility index (Phi) is 5.95. The lowest BCUT2D eigenvalue weighted by atomic mass is 10.0. The van der Waals surface area contributed by atoms with Gasteiger partial charge in [0, 0.05) is 18.7 Å². The molecule has 0 fully saturated rings. The van der Waals surface area contributed by atoms with Gasteiger partial charge in [-0.3, -0.25) is 4.79 Å². The van der Waals surface area contributed by atoms with Crippen molar-refractivity contribution in [2.45, 2.75) is 33.3 Å². The molecule has 0 atom stereocenters. The Hall–Kier alpha value is -1.83. The van der Waals surface area contributed by atoms with Crippen LogP contribution >= 0.6 is 0 Å². The molecule has 0 radical (unpaired) electrons. The van der Waals surface area contributed by atoms with E-state index < -0.39 is 5.60 Å². The van der Waals surface area contributed by atoms with Crippen LogP contribution < -0.4 is 5.73 Å². The van der Waals surface area contributed by atoms with Gasteiger partial charge in [0.05, 0.1) is 17.7 Å². The molecule has 0 spiro atoms. The van der Waals surface area contributed by atoms with E-state index in [2.05, 4.69) is 11.8 Å². The van der Waals surface area contributed by atoms with Gasteiger partial charge < -0.3 is 15.7 Å². The molecule has 4 nitrogen and oxygen atoms in total. The van der Waals surface area contributed by atoms with E-state index in [0.29, 0.717) is 17.7 Å². The maximum absolute atomic E-state index is 12.7. The van der Waals surface area contributed by atoms with Gasteiger partial charge in [0.1, 0.15) is 0 Å². The van der Waals surface area contributed by atoms with E-state index in [4.69, 9.17) is 5.73 Å². The van der Waals surface area contributed by atoms with Crippen molar-refractivity contribution in [3.8, 4) is 11.8 Å². The van der Waals surface area contributed by atoms with Crippen LogP contribution in [0.15, 0.2) is 18.2 Å². The third-order valence-electron chi connectivity index (χ3n) is 2.98. The largest absolute Gasteiger partial charge is 0.389 e. The Bertz CT molecular complexity index is 562. The van der Waals surface area contributed by atoms with Crippen molar-refractivity contribution in [3.63, 3.8) is 0 Å². The highest BCUT2D eigenvalue weighted by Crippen LogP contribution is 2.15. The van der Waals surface area contributed by atoms with Gasteiger partial charge in [-0.2, -0.15) is 0 Å². The van der Waals surface area contributed by atoms with Crippen molar-refractivity contribution in [1.82, 2.24) is 4.90 Å². The number of carbonyl (C=O) groups is 1.